The first-order chi connectivity index (χ1) is 14.1. The van der Waals surface area contributed by atoms with Gasteiger partial charge in [0.05, 0.1) is 37.4 Å². The second kappa shape index (κ2) is 8.38. The molecule has 1 fully saturated rings. The molecule has 0 N–H and O–H groups in total. The smallest absolute Gasteiger partial charge is 0.205 e. The standard InChI is InChI=1S/C20H25N5O3S/c1-13-23-14(11-29-13)10-24-5-7-25(8-6-24)20-15-9-16(26-2)18(27-3)19(28-4)17(15)21-12-22-20/h9,11-12H,5-8,10H2,1-4H3. The molecule has 154 valence electrons. The Morgan fingerprint density at radius 3 is 2.38 bits per heavy atom. The van der Waals surface area contributed by atoms with Crippen LogP contribution in [0.5, 0.6) is 17.2 Å². The predicted octanol–water partition coefficient (Wildman–Crippen LogP) is 2.74. The van der Waals surface area contributed by atoms with Crippen molar-refractivity contribution >= 4 is 28.1 Å². The van der Waals surface area contributed by atoms with E-state index in [1.54, 1.807) is 39.0 Å². The monoisotopic (exact) mass is 415 g/mol. The van der Waals surface area contributed by atoms with Crippen LogP contribution in [0.3, 0.4) is 0 Å². The molecule has 3 aromatic rings. The summed E-state index contributed by atoms with van der Waals surface area (Å²) in [5.41, 5.74) is 1.87. The van der Waals surface area contributed by atoms with E-state index >= 15 is 0 Å². The molecule has 0 bridgehead atoms. The number of ether oxygens (including phenoxy) is 3. The van der Waals surface area contributed by atoms with Crippen molar-refractivity contribution in [3.63, 3.8) is 0 Å². The molecular formula is C20H25N5O3S. The van der Waals surface area contributed by atoms with Crippen LogP contribution in [-0.2, 0) is 6.54 Å². The lowest BCUT2D eigenvalue weighted by molar-refractivity contribution is 0.247. The zero-order valence-electron chi connectivity index (χ0n) is 17.1. The Balaban J connectivity index is 1.60. The number of rotatable bonds is 6. The zero-order valence-corrected chi connectivity index (χ0v) is 18.0. The third kappa shape index (κ3) is 3.79. The van der Waals surface area contributed by atoms with E-state index in [-0.39, 0.29) is 0 Å². The fourth-order valence-corrected chi connectivity index (χ4v) is 4.33. The molecule has 8 nitrogen and oxygen atoms in total. The summed E-state index contributed by atoms with van der Waals surface area (Å²) in [7, 11) is 4.82. The summed E-state index contributed by atoms with van der Waals surface area (Å²) in [5.74, 6) is 2.59. The number of methoxy groups -OCH3 is 3. The number of thiazole rings is 1. The topological polar surface area (TPSA) is 72.8 Å². The van der Waals surface area contributed by atoms with Gasteiger partial charge < -0.3 is 19.1 Å². The number of piperazine rings is 1. The quantitative estimate of drug-likeness (QED) is 0.609. The van der Waals surface area contributed by atoms with Crippen LogP contribution in [0.15, 0.2) is 17.8 Å². The van der Waals surface area contributed by atoms with E-state index in [0.29, 0.717) is 17.2 Å². The van der Waals surface area contributed by atoms with Crippen molar-refractivity contribution in [3.8, 4) is 17.2 Å². The van der Waals surface area contributed by atoms with Gasteiger partial charge in [-0.05, 0) is 13.0 Å². The van der Waals surface area contributed by atoms with Crippen LogP contribution in [0.25, 0.3) is 10.9 Å². The number of anilines is 1. The Morgan fingerprint density at radius 1 is 1.00 bits per heavy atom. The summed E-state index contributed by atoms with van der Waals surface area (Å²) >= 11 is 1.70. The molecule has 0 amide bonds. The fourth-order valence-electron chi connectivity index (χ4n) is 3.73. The van der Waals surface area contributed by atoms with Gasteiger partial charge in [-0.25, -0.2) is 15.0 Å². The van der Waals surface area contributed by atoms with Crippen LogP contribution in [0.1, 0.15) is 10.7 Å². The molecule has 0 unspecified atom stereocenters. The molecule has 1 aliphatic rings. The van der Waals surface area contributed by atoms with Crippen molar-refractivity contribution in [1.29, 1.82) is 0 Å². The largest absolute Gasteiger partial charge is 0.493 e. The second-order valence-corrected chi connectivity index (χ2v) is 7.92. The molecule has 1 aliphatic heterocycles. The molecule has 0 atom stereocenters. The highest BCUT2D eigenvalue weighted by molar-refractivity contribution is 7.09. The normalized spacial score (nSPS) is 15.0. The van der Waals surface area contributed by atoms with Gasteiger partial charge in [-0.15, -0.1) is 11.3 Å². The van der Waals surface area contributed by atoms with Gasteiger partial charge >= 0.3 is 0 Å². The molecule has 3 heterocycles. The third-order valence-corrected chi connectivity index (χ3v) is 5.96. The second-order valence-electron chi connectivity index (χ2n) is 6.86. The maximum Gasteiger partial charge on any atom is 0.205 e. The van der Waals surface area contributed by atoms with E-state index in [0.717, 1.165) is 60.1 Å². The molecule has 29 heavy (non-hydrogen) atoms. The molecule has 0 aliphatic carbocycles. The first kappa shape index (κ1) is 19.7. The lowest BCUT2D eigenvalue weighted by atomic mass is 10.1. The molecule has 0 radical (unpaired) electrons. The Morgan fingerprint density at radius 2 is 1.76 bits per heavy atom. The summed E-state index contributed by atoms with van der Waals surface area (Å²) in [6.45, 7) is 6.60. The number of aromatic nitrogens is 3. The molecule has 2 aromatic heterocycles. The zero-order chi connectivity index (χ0) is 20.4. The Kier molecular flexibility index (Phi) is 5.68. The summed E-state index contributed by atoms with van der Waals surface area (Å²) in [4.78, 5) is 18.3. The van der Waals surface area contributed by atoms with E-state index in [1.165, 1.54) is 0 Å². The first-order valence-corrected chi connectivity index (χ1v) is 10.3. The van der Waals surface area contributed by atoms with Crippen molar-refractivity contribution in [1.82, 2.24) is 19.9 Å². The van der Waals surface area contributed by atoms with Crippen molar-refractivity contribution in [2.45, 2.75) is 13.5 Å². The van der Waals surface area contributed by atoms with Gasteiger partial charge in [-0.2, -0.15) is 0 Å². The van der Waals surface area contributed by atoms with Gasteiger partial charge in [-0.1, -0.05) is 0 Å². The van der Waals surface area contributed by atoms with Crippen LogP contribution in [0.4, 0.5) is 5.82 Å². The highest BCUT2D eigenvalue weighted by Crippen LogP contribution is 2.44. The van der Waals surface area contributed by atoms with Crippen molar-refractivity contribution in [3.05, 3.63) is 28.5 Å². The minimum Gasteiger partial charge on any atom is -0.493 e. The van der Waals surface area contributed by atoms with Gasteiger partial charge in [0.1, 0.15) is 17.7 Å². The Hall–Kier alpha value is -2.65. The molecule has 1 aromatic carbocycles. The third-order valence-electron chi connectivity index (χ3n) is 5.14. The van der Waals surface area contributed by atoms with E-state index in [1.807, 2.05) is 13.0 Å². The SMILES string of the molecule is COc1cc2c(N3CCN(Cc4csc(C)n4)CC3)ncnc2c(OC)c1OC. The molecule has 4 rings (SSSR count). The summed E-state index contributed by atoms with van der Waals surface area (Å²) in [6.07, 6.45) is 1.58. The van der Waals surface area contributed by atoms with E-state index in [9.17, 15) is 0 Å². The van der Waals surface area contributed by atoms with E-state index < -0.39 is 0 Å². The van der Waals surface area contributed by atoms with E-state index in [4.69, 9.17) is 14.2 Å². The summed E-state index contributed by atoms with van der Waals surface area (Å²) in [5, 5.41) is 4.15. The summed E-state index contributed by atoms with van der Waals surface area (Å²) < 4.78 is 16.6. The van der Waals surface area contributed by atoms with Crippen molar-refractivity contribution in [2.24, 2.45) is 0 Å². The average molecular weight is 416 g/mol. The number of nitrogens with zero attached hydrogens (tertiary/aromatic N) is 5. The number of hydrogen-bond acceptors (Lipinski definition) is 9. The molecule has 1 saturated heterocycles. The highest BCUT2D eigenvalue weighted by atomic mass is 32.1. The van der Waals surface area contributed by atoms with Crippen molar-refractivity contribution < 1.29 is 14.2 Å². The van der Waals surface area contributed by atoms with Crippen LogP contribution in [0, 0.1) is 6.92 Å². The number of hydrogen-bond donors (Lipinski definition) is 0. The average Bonchev–Trinajstić information content (AvgIpc) is 3.16. The Labute approximate surface area is 174 Å². The first-order valence-electron chi connectivity index (χ1n) is 9.46. The van der Waals surface area contributed by atoms with Gasteiger partial charge in [0, 0.05) is 38.1 Å². The Bertz CT molecular complexity index is 1000. The van der Waals surface area contributed by atoms with Crippen LogP contribution < -0.4 is 19.1 Å². The van der Waals surface area contributed by atoms with Crippen LogP contribution in [0.2, 0.25) is 0 Å². The number of fused-ring (bicyclic) bond motifs is 1. The molecular weight excluding hydrogens is 390 g/mol. The number of aryl methyl sites for hydroxylation is 1. The maximum absolute atomic E-state index is 5.59. The number of benzene rings is 1. The minimum absolute atomic E-state index is 0.538. The maximum atomic E-state index is 5.59. The van der Waals surface area contributed by atoms with Gasteiger partial charge in [0.15, 0.2) is 11.5 Å². The highest BCUT2D eigenvalue weighted by Gasteiger charge is 2.24. The lowest BCUT2D eigenvalue weighted by Crippen LogP contribution is -2.46. The van der Waals surface area contributed by atoms with E-state index in [2.05, 4.69) is 30.1 Å². The fraction of sp³-hybridized carbons (Fsp3) is 0.450. The predicted molar refractivity (Wildman–Crippen MR) is 114 cm³/mol. The lowest BCUT2D eigenvalue weighted by Gasteiger charge is -2.35. The van der Waals surface area contributed by atoms with Gasteiger partial charge in [0.2, 0.25) is 5.75 Å². The molecule has 9 heteroatoms. The van der Waals surface area contributed by atoms with Gasteiger partial charge in [-0.3, -0.25) is 4.90 Å². The summed E-state index contributed by atoms with van der Waals surface area (Å²) in [6, 6.07) is 1.93. The van der Waals surface area contributed by atoms with Gasteiger partial charge in [0.25, 0.3) is 0 Å². The molecule has 0 saturated carbocycles. The van der Waals surface area contributed by atoms with Crippen LogP contribution >= 0.6 is 11.3 Å². The van der Waals surface area contributed by atoms with Crippen molar-refractivity contribution in [2.75, 3.05) is 52.4 Å². The minimum atomic E-state index is 0.538. The van der Waals surface area contributed by atoms with Crippen LogP contribution in [-0.4, -0.2) is 67.4 Å². The molecule has 0 spiro atoms.